The number of H-pyrrole nitrogens is 1. The number of nitrogens with one attached hydrogen (secondary N) is 1. The van der Waals surface area contributed by atoms with Gasteiger partial charge >= 0.3 is 0 Å². The van der Waals surface area contributed by atoms with Gasteiger partial charge in [-0.05, 0) is 55.0 Å². The van der Waals surface area contributed by atoms with E-state index in [2.05, 4.69) is 26.1 Å². The van der Waals surface area contributed by atoms with Gasteiger partial charge in [0.25, 0.3) is 0 Å². The first-order chi connectivity index (χ1) is 10.1. The number of phenolic OH excluding ortho intramolecular Hbond substituents is 1. The van der Waals surface area contributed by atoms with Crippen molar-refractivity contribution in [3.05, 3.63) is 57.3 Å². The molecule has 0 aliphatic carbocycles. The van der Waals surface area contributed by atoms with Gasteiger partial charge in [-0.3, -0.25) is 9.67 Å². The van der Waals surface area contributed by atoms with Crippen molar-refractivity contribution in [3.8, 4) is 22.8 Å². The van der Waals surface area contributed by atoms with E-state index in [4.69, 9.17) is 12.2 Å². The van der Waals surface area contributed by atoms with E-state index in [1.165, 1.54) is 0 Å². The monoisotopic (exact) mass is 361 g/mol. The normalized spacial score (nSPS) is 10.8. The van der Waals surface area contributed by atoms with Gasteiger partial charge in [0.2, 0.25) is 0 Å². The van der Waals surface area contributed by atoms with Crippen LogP contribution in [0.15, 0.2) is 46.9 Å². The SMILES string of the molecule is Cc1cc(Br)ccc1-n1c(-c2ccccc2O)n[nH]c1=S. The van der Waals surface area contributed by atoms with E-state index in [9.17, 15) is 5.11 Å². The molecule has 21 heavy (non-hydrogen) atoms. The lowest BCUT2D eigenvalue weighted by Gasteiger charge is -2.11. The molecular formula is C15H12BrN3OS. The minimum absolute atomic E-state index is 0.169. The smallest absolute Gasteiger partial charge is 0.200 e. The Bertz CT molecular complexity index is 869. The highest BCUT2D eigenvalue weighted by Gasteiger charge is 2.15. The highest BCUT2D eigenvalue weighted by atomic mass is 79.9. The molecular weight excluding hydrogens is 350 g/mol. The highest BCUT2D eigenvalue weighted by Crippen LogP contribution is 2.30. The standard InChI is InChI=1S/C15H12BrN3OS/c1-9-8-10(16)6-7-12(9)19-14(17-18-15(19)21)11-4-2-3-5-13(11)20/h2-8,20H,1H3,(H,18,21). The molecule has 0 fully saturated rings. The van der Waals surface area contributed by atoms with Gasteiger partial charge in [0.15, 0.2) is 10.6 Å². The lowest BCUT2D eigenvalue weighted by Crippen LogP contribution is -2.00. The molecule has 0 unspecified atom stereocenters. The predicted molar refractivity (Wildman–Crippen MR) is 88.3 cm³/mol. The molecule has 0 amide bonds. The quantitative estimate of drug-likeness (QED) is 0.666. The van der Waals surface area contributed by atoms with Gasteiger partial charge in [0.05, 0.1) is 11.3 Å². The van der Waals surface area contributed by atoms with Crippen molar-refractivity contribution < 1.29 is 5.11 Å². The summed E-state index contributed by atoms with van der Waals surface area (Å²) in [6, 6.07) is 13.0. The van der Waals surface area contributed by atoms with E-state index >= 15 is 0 Å². The maximum Gasteiger partial charge on any atom is 0.200 e. The summed E-state index contributed by atoms with van der Waals surface area (Å²) < 4.78 is 3.31. The second kappa shape index (κ2) is 5.46. The Kier molecular flexibility index (Phi) is 3.65. The third-order valence-corrected chi connectivity index (χ3v) is 3.98. The van der Waals surface area contributed by atoms with Crippen molar-refractivity contribution in [2.75, 3.05) is 0 Å². The Balaban J connectivity index is 2.28. The number of aryl methyl sites for hydroxylation is 1. The number of para-hydroxylation sites is 1. The topological polar surface area (TPSA) is 53.8 Å². The van der Waals surface area contributed by atoms with Gasteiger partial charge in [-0.15, -0.1) is 0 Å². The molecule has 0 spiro atoms. The van der Waals surface area contributed by atoms with Crippen LogP contribution in [0.3, 0.4) is 0 Å². The van der Waals surface area contributed by atoms with Crippen LogP contribution in [0.5, 0.6) is 5.75 Å². The molecule has 2 aromatic carbocycles. The number of rotatable bonds is 2. The fraction of sp³-hybridized carbons (Fsp3) is 0.0667. The van der Waals surface area contributed by atoms with Crippen molar-refractivity contribution in [1.29, 1.82) is 0 Å². The Hall–Kier alpha value is -1.92. The summed E-state index contributed by atoms with van der Waals surface area (Å²) in [5.41, 5.74) is 2.61. The van der Waals surface area contributed by atoms with Gasteiger partial charge in [0, 0.05) is 4.47 Å². The Labute approximate surface area is 135 Å². The molecule has 106 valence electrons. The second-order valence-corrected chi connectivity index (χ2v) is 5.94. The summed E-state index contributed by atoms with van der Waals surface area (Å²) in [5, 5.41) is 17.1. The van der Waals surface area contributed by atoms with Crippen LogP contribution in [0.25, 0.3) is 17.1 Å². The first-order valence-corrected chi connectivity index (χ1v) is 7.50. The molecule has 0 radical (unpaired) electrons. The first-order valence-electron chi connectivity index (χ1n) is 6.30. The summed E-state index contributed by atoms with van der Waals surface area (Å²) in [6.45, 7) is 2.00. The fourth-order valence-corrected chi connectivity index (χ4v) is 2.94. The zero-order valence-electron chi connectivity index (χ0n) is 11.2. The average molecular weight is 362 g/mol. The molecule has 2 N–H and O–H groups in total. The number of aromatic hydroxyl groups is 1. The van der Waals surface area contributed by atoms with Crippen molar-refractivity contribution in [2.45, 2.75) is 6.92 Å². The van der Waals surface area contributed by atoms with Gasteiger partial charge < -0.3 is 5.11 Å². The zero-order valence-corrected chi connectivity index (χ0v) is 13.6. The molecule has 3 aromatic rings. The summed E-state index contributed by atoms with van der Waals surface area (Å²) in [5.74, 6) is 0.756. The van der Waals surface area contributed by atoms with Crippen LogP contribution in [0.2, 0.25) is 0 Å². The second-order valence-electron chi connectivity index (χ2n) is 4.64. The number of phenols is 1. The summed E-state index contributed by atoms with van der Waals surface area (Å²) >= 11 is 8.80. The van der Waals surface area contributed by atoms with Crippen LogP contribution < -0.4 is 0 Å². The summed E-state index contributed by atoms with van der Waals surface area (Å²) in [4.78, 5) is 0. The predicted octanol–water partition coefficient (Wildman–Crippen LogP) is 4.37. The zero-order chi connectivity index (χ0) is 15.0. The van der Waals surface area contributed by atoms with E-state index in [0.29, 0.717) is 16.2 Å². The maximum absolute atomic E-state index is 10.0. The van der Waals surface area contributed by atoms with E-state index in [0.717, 1.165) is 15.7 Å². The molecule has 0 aliphatic heterocycles. The lowest BCUT2D eigenvalue weighted by atomic mass is 10.1. The fourth-order valence-electron chi connectivity index (χ4n) is 2.23. The lowest BCUT2D eigenvalue weighted by molar-refractivity contribution is 0.476. The molecule has 6 heteroatoms. The third-order valence-electron chi connectivity index (χ3n) is 3.22. The number of aromatic nitrogens is 3. The number of halogens is 1. The number of aromatic amines is 1. The minimum atomic E-state index is 0.169. The van der Waals surface area contributed by atoms with Crippen molar-refractivity contribution >= 4 is 28.1 Å². The molecule has 1 aromatic heterocycles. The largest absolute Gasteiger partial charge is 0.507 e. The third kappa shape index (κ3) is 2.52. The first kappa shape index (κ1) is 14.0. The Morgan fingerprint density at radius 3 is 2.71 bits per heavy atom. The number of benzene rings is 2. The van der Waals surface area contributed by atoms with E-state index in [-0.39, 0.29) is 5.75 Å². The average Bonchev–Trinajstić information content (AvgIpc) is 2.81. The molecule has 0 saturated carbocycles. The van der Waals surface area contributed by atoms with Crippen LogP contribution >= 0.6 is 28.1 Å². The number of nitrogens with zero attached hydrogens (tertiary/aromatic N) is 2. The number of hydrogen-bond acceptors (Lipinski definition) is 3. The van der Waals surface area contributed by atoms with E-state index < -0.39 is 0 Å². The van der Waals surface area contributed by atoms with Crippen molar-refractivity contribution in [2.24, 2.45) is 0 Å². The van der Waals surface area contributed by atoms with Crippen LogP contribution in [0, 0.1) is 11.7 Å². The highest BCUT2D eigenvalue weighted by molar-refractivity contribution is 9.10. The summed E-state index contributed by atoms with van der Waals surface area (Å²) in [6.07, 6.45) is 0. The van der Waals surface area contributed by atoms with Gasteiger partial charge in [-0.2, -0.15) is 5.10 Å². The maximum atomic E-state index is 10.0. The van der Waals surface area contributed by atoms with E-state index in [1.807, 2.05) is 41.8 Å². The van der Waals surface area contributed by atoms with Gasteiger partial charge in [-0.1, -0.05) is 28.1 Å². The van der Waals surface area contributed by atoms with Gasteiger partial charge in [0.1, 0.15) is 5.75 Å². The Morgan fingerprint density at radius 2 is 2.00 bits per heavy atom. The van der Waals surface area contributed by atoms with Crippen LogP contribution in [-0.4, -0.2) is 19.9 Å². The van der Waals surface area contributed by atoms with Gasteiger partial charge in [-0.25, -0.2) is 0 Å². The van der Waals surface area contributed by atoms with Crippen LogP contribution in [0.4, 0.5) is 0 Å². The van der Waals surface area contributed by atoms with E-state index in [1.54, 1.807) is 12.1 Å². The molecule has 0 saturated heterocycles. The van der Waals surface area contributed by atoms with Crippen LogP contribution in [0.1, 0.15) is 5.56 Å². The van der Waals surface area contributed by atoms with Crippen LogP contribution in [-0.2, 0) is 0 Å². The molecule has 0 atom stereocenters. The summed E-state index contributed by atoms with van der Waals surface area (Å²) in [7, 11) is 0. The molecule has 3 rings (SSSR count). The number of hydrogen-bond donors (Lipinski definition) is 2. The minimum Gasteiger partial charge on any atom is -0.507 e. The molecule has 0 aliphatic rings. The molecule has 0 bridgehead atoms. The van der Waals surface area contributed by atoms with Crippen molar-refractivity contribution in [1.82, 2.24) is 14.8 Å². The Morgan fingerprint density at radius 1 is 1.24 bits per heavy atom. The molecule has 1 heterocycles. The molecule has 4 nitrogen and oxygen atoms in total. The van der Waals surface area contributed by atoms with Crippen molar-refractivity contribution in [3.63, 3.8) is 0 Å².